The van der Waals surface area contributed by atoms with Crippen molar-refractivity contribution in [2.45, 2.75) is 51.1 Å². The lowest BCUT2D eigenvalue weighted by Crippen LogP contribution is -2.56. The molecule has 21 heavy (non-hydrogen) atoms. The smallest absolute Gasteiger partial charge is 0.0797 e. The number of aliphatic hydroxyl groups excluding tert-OH is 1. The van der Waals surface area contributed by atoms with Crippen LogP contribution in [0.1, 0.15) is 45.1 Å². The van der Waals surface area contributed by atoms with E-state index in [0.29, 0.717) is 6.04 Å². The van der Waals surface area contributed by atoms with Gasteiger partial charge in [0.15, 0.2) is 0 Å². The minimum Gasteiger partial charge on any atom is -0.394 e. The van der Waals surface area contributed by atoms with Gasteiger partial charge in [-0.15, -0.1) is 0 Å². The average Bonchev–Trinajstić information content (AvgIpc) is 2.55. The molecule has 2 atom stereocenters. The summed E-state index contributed by atoms with van der Waals surface area (Å²) in [5, 5.41) is 13.7. The SMILES string of the molecule is CCNC(CO)(CN1CCCCC1CC)c1ccccc1. The molecule has 1 aliphatic heterocycles. The van der Waals surface area contributed by atoms with Gasteiger partial charge in [-0.2, -0.15) is 0 Å². The zero-order valence-electron chi connectivity index (χ0n) is 13.5. The van der Waals surface area contributed by atoms with Gasteiger partial charge in [0.05, 0.1) is 12.1 Å². The van der Waals surface area contributed by atoms with Crippen LogP contribution < -0.4 is 5.32 Å². The third-order valence-corrected chi connectivity index (χ3v) is 4.80. The van der Waals surface area contributed by atoms with Crippen molar-refractivity contribution in [3.05, 3.63) is 35.9 Å². The first kappa shape index (κ1) is 16.5. The van der Waals surface area contributed by atoms with Crippen molar-refractivity contribution in [2.75, 3.05) is 26.2 Å². The van der Waals surface area contributed by atoms with Gasteiger partial charge >= 0.3 is 0 Å². The molecule has 1 heterocycles. The van der Waals surface area contributed by atoms with Crippen molar-refractivity contribution >= 4 is 0 Å². The molecule has 3 heteroatoms. The Morgan fingerprint density at radius 3 is 2.62 bits per heavy atom. The zero-order chi connectivity index (χ0) is 15.1. The zero-order valence-corrected chi connectivity index (χ0v) is 13.5. The Kier molecular flexibility index (Phi) is 6.22. The fourth-order valence-electron chi connectivity index (χ4n) is 3.62. The van der Waals surface area contributed by atoms with E-state index in [4.69, 9.17) is 0 Å². The van der Waals surface area contributed by atoms with E-state index < -0.39 is 0 Å². The van der Waals surface area contributed by atoms with E-state index >= 15 is 0 Å². The fourth-order valence-corrected chi connectivity index (χ4v) is 3.62. The molecular formula is C18H30N2O. The highest BCUT2D eigenvalue weighted by Gasteiger charge is 2.35. The topological polar surface area (TPSA) is 35.5 Å². The summed E-state index contributed by atoms with van der Waals surface area (Å²) in [6.07, 6.45) is 5.11. The molecule has 1 aliphatic rings. The van der Waals surface area contributed by atoms with Crippen LogP contribution >= 0.6 is 0 Å². The first-order valence-corrected chi connectivity index (χ1v) is 8.41. The number of hydrogen-bond donors (Lipinski definition) is 2. The molecule has 2 unspecified atom stereocenters. The van der Waals surface area contributed by atoms with Gasteiger partial charge in [0, 0.05) is 12.6 Å². The molecule has 0 aromatic heterocycles. The van der Waals surface area contributed by atoms with Crippen LogP contribution in [0.25, 0.3) is 0 Å². The minimum absolute atomic E-state index is 0.137. The van der Waals surface area contributed by atoms with Gasteiger partial charge in [0.1, 0.15) is 0 Å². The molecule has 0 radical (unpaired) electrons. The largest absolute Gasteiger partial charge is 0.394 e. The molecule has 0 amide bonds. The molecule has 1 aromatic carbocycles. The molecule has 1 aromatic rings. The Hall–Kier alpha value is -0.900. The molecule has 3 nitrogen and oxygen atoms in total. The van der Waals surface area contributed by atoms with E-state index in [1.165, 1.54) is 31.2 Å². The van der Waals surface area contributed by atoms with Gasteiger partial charge in [-0.3, -0.25) is 4.90 Å². The average molecular weight is 290 g/mol. The molecule has 0 aliphatic carbocycles. The van der Waals surface area contributed by atoms with E-state index in [2.05, 4.69) is 48.3 Å². The number of nitrogens with zero attached hydrogens (tertiary/aromatic N) is 1. The Balaban J connectivity index is 2.23. The van der Waals surface area contributed by atoms with E-state index in [1.807, 2.05) is 6.07 Å². The molecule has 2 N–H and O–H groups in total. The molecule has 0 bridgehead atoms. The van der Waals surface area contributed by atoms with Crippen LogP contribution in [0.15, 0.2) is 30.3 Å². The highest BCUT2D eigenvalue weighted by Crippen LogP contribution is 2.27. The molecular weight excluding hydrogens is 260 g/mol. The van der Waals surface area contributed by atoms with Gasteiger partial charge in [-0.05, 0) is 37.9 Å². The van der Waals surface area contributed by atoms with Crippen molar-refractivity contribution in [3.8, 4) is 0 Å². The Morgan fingerprint density at radius 1 is 1.24 bits per heavy atom. The lowest BCUT2D eigenvalue weighted by molar-refractivity contribution is 0.0634. The second-order valence-corrected chi connectivity index (χ2v) is 6.16. The Labute approximate surface area is 129 Å². The molecule has 118 valence electrons. The van der Waals surface area contributed by atoms with Gasteiger partial charge < -0.3 is 10.4 Å². The highest BCUT2D eigenvalue weighted by molar-refractivity contribution is 5.25. The van der Waals surface area contributed by atoms with Gasteiger partial charge in [0.25, 0.3) is 0 Å². The first-order valence-electron chi connectivity index (χ1n) is 8.41. The number of likely N-dealkylation sites (tertiary alicyclic amines) is 1. The second-order valence-electron chi connectivity index (χ2n) is 6.16. The van der Waals surface area contributed by atoms with Crippen LogP contribution in [0.4, 0.5) is 0 Å². The maximum Gasteiger partial charge on any atom is 0.0797 e. The number of likely N-dealkylation sites (N-methyl/N-ethyl adjacent to an activating group) is 1. The number of benzene rings is 1. The van der Waals surface area contributed by atoms with E-state index in [-0.39, 0.29) is 12.1 Å². The van der Waals surface area contributed by atoms with Crippen LogP contribution in [-0.4, -0.2) is 42.3 Å². The predicted octanol–water partition coefficient (Wildman–Crippen LogP) is 2.75. The summed E-state index contributed by atoms with van der Waals surface area (Å²) in [6.45, 7) is 7.43. The molecule has 1 saturated heterocycles. The number of hydrogen-bond acceptors (Lipinski definition) is 3. The molecule has 0 saturated carbocycles. The minimum atomic E-state index is -0.346. The quantitative estimate of drug-likeness (QED) is 0.810. The summed E-state index contributed by atoms with van der Waals surface area (Å²) < 4.78 is 0. The van der Waals surface area contributed by atoms with Crippen LogP contribution in [-0.2, 0) is 5.54 Å². The Morgan fingerprint density at radius 2 is 2.00 bits per heavy atom. The predicted molar refractivity (Wildman–Crippen MR) is 88.4 cm³/mol. The van der Waals surface area contributed by atoms with Crippen LogP contribution in [0.3, 0.4) is 0 Å². The maximum atomic E-state index is 10.2. The summed E-state index contributed by atoms with van der Waals surface area (Å²) in [5.74, 6) is 0. The van der Waals surface area contributed by atoms with Crippen molar-refractivity contribution < 1.29 is 5.11 Å². The summed E-state index contributed by atoms with van der Waals surface area (Å²) >= 11 is 0. The lowest BCUT2D eigenvalue weighted by Gasteiger charge is -2.43. The third-order valence-electron chi connectivity index (χ3n) is 4.80. The molecule has 0 spiro atoms. The monoisotopic (exact) mass is 290 g/mol. The standard InChI is InChI=1S/C18H30N2O/c1-3-17-12-8-9-13-20(17)14-18(15-21,19-4-2)16-10-6-5-7-11-16/h5-7,10-11,17,19,21H,3-4,8-9,12-15H2,1-2H3. The Bertz CT molecular complexity index is 409. The normalized spacial score (nSPS) is 22.9. The number of rotatable bonds is 7. The molecule has 1 fully saturated rings. The number of aliphatic hydroxyl groups is 1. The van der Waals surface area contributed by atoms with Gasteiger partial charge in [0.2, 0.25) is 0 Å². The second kappa shape index (κ2) is 7.92. The van der Waals surface area contributed by atoms with Crippen LogP contribution in [0, 0.1) is 0 Å². The van der Waals surface area contributed by atoms with Crippen molar-refractivity contribution in [3.63, 3.8) is 0 Å². The summed E-state index contributed by atoms with van der Waals surface area (Å²) in [4.78, 5) is 2.58. The third kappa shape index (κ3) is 3.85. The van der Waals surface area contributed by atoms with Gasteiger partial charge in [-0.1, -0.05) is 50.6 Å². The van der Waals surface area contributed by atoms with Crippen molar-refractivity contribution in [1.29, 1.82) is 0 Å². The summed E-state index contributed by atoms with van der Waals surface area (Å²) in [5.41, 5.74) is 0.843. The van der Waals surface area contributed by atoms with Crippen molar-refractivity contribution in [1.82, 2.24) is 10.2 Å². The lowest BCUT2D eigenvalue weighted by atomic mass is 9.87. The van der Waals surface area contributed by atoms with Crippen LogP contribution in [0.2, 0.25) is 0 Å². The fraction of sp³-hybridized carbons (Fsp3) is 0.667. The van der Waals surface area contributed by atoms with Gasteiger partial charge in [-0.25, -0.2) is 0 Å². The first-order chi connectivity index (χ1) is 10.3. The van der Waals surface area contributed by atoms with Crippen LogP contribution in [0.5, 0.6) is 0 Å². The van der Waals surface area contributed by atoms with Crippen molar-refractivity contribution in [2.24, 2.45) is 0 Å². The van der Waals surface area contributed by atoms with E-state index in [0.717, 1.165) is 19.6 Å². The maximum absolute atomic E-state index is 10.2. The number of piperidine rings is 1. The highest BCUT2D eigenvalue weighted by atomic mass is 16.3. The van der Waals surface area contributed by atoms with E-state index in [9.17, 15) is 5.11 Å². The number of nitrogens with one attached hydrogen (secondary N) is 1. The van der Waals surface area contributed by atoms with E-state index in [1.54, 1.807) is 0 Å². The molecule has 2 rings (SSSR count). The summed E-state index contributed by atoms with van der Waals surface area (Å²) in [7, 11) is 0. The summed E-state index contributed by atoms with van der Waals surface area (Å²) in [6, 6.07) is 11.1.